The summed E-state index contributed by atoms with van der Waals surface area (Å²) in [5, 5.41) is 0. The minimum Gasteiger partial charge on any atom is -0.306 e. The fraction of sp³-hybridized carbons (Fsp3) is 0.200. The van der Waals surface area contributed by atoms with Crippen molar-refractivity contribution in [2.75, 3.05) is 0 Å². The molecule has 0 unspecified atom stereocenters. The topological polar surface area (TPSA) is 34.4 Å². The van der Waals surface area contributed by atoms with E-state index in [2.05, 4.69) is 4.98 Å². The Balaban J connectivity index is 2.68. The molecule has 0 aromatic carbocycles. The zero-order valence-corrected chi connectivity index (χ0v) is 7.61. The Kier molecular flexibility index (Phi) is 1.65. The summed E-state index contributed by atoms with van der Waals surface area (Å²) in [6.45, 7) is 3.53. The molecular weight excluding hydrogens is 164 g/mol. The lowest BCUT2D eigenvalue weighted by atomic mass is 10.3. The van der Waals surface area contributed by atoms with E-state index in [9.17, 15) is 4.79 Å². The highest BCUT2D eigenvalue weighted by Crippen LogP contribution is 2.07. The number of rotatable bonds is 1. The maximum Gasteiger partial charge on any atom is 0.179 e. The van der Waals surface area contributed by atoms with Crippen molar-refractivity contribution < 1.29 is 4.79 Å². The first-order chi connectivity index (χ1) is 6.16. The molecule has 3 heteroatoms. The van der Waals surface area contributed by atoms with Crippen molar-refractivity contribution in [1.82, 2.24) is 9.38 Å². The van der Waals surface area contributed by atoms with Gasteiger partial charge < -0.3 is 4.40 Å². The molecule has 13 heavy (non-hydrogen) atoms. The average Bonchev–Trinajstić information content (AvgIpc) is 2.46. The molecule has 0 saturated heterocycles. The molecule has 66 valence electrons. The number of imidazole rings is 1. The highest BCUT2D eigenvalue weighted by Gasteiger charge is 2.04. The van der Waals surface area contributed by atoms with E-state index in [0.717, 1.165) is 11.2 Å². The standard InChI is InChI=1S/C10H10N2O/c1-7-3-4-10-11-9(8(2)13)6-12(10)5-7/h3-6H,1-2H3. The van der Waals surface area contributed by atoms with E-state index in [-0.39, 0.29) is 5.78 Å². The van der Waals surface area contributed by atoms with Crippen LogP contribution in [0.2, 0.25) is 0 Å². The van der Waals surface area contributed by atoms with Crippen LogP contribution in [-0.2, 0) is 0 Å². The Morgan fingerprint density at radius 1 is 1.38 bits per heavy atom. The number of ketones is 1. The Hall–Kier alpha value is -1.64. The summed E-state index contributed by atoms with van der Waals surface area (Å²) in [4.78, 5) is 15.2. The zero-order chi connectivity index (χ0) is 9.42. The lowest BCUT2D eigenvalue weighted by molar-refractivity contribution is 0.101. The van der Waals surface area contributed by atoms with Crippen molar-refractivity contribution in [1.29, 1.82) is 0 Å². The van der Waals surface area contributed by atoms with Crippen molar-refractivity contribution in [3.8, 4) is 0 Å². The molecule has 0 saturated carbocycles. The number of aromatic nitrogens is 2. The van der Waals surface area contributed by atoms with Crippen molar-refractivity contribution >= 4 is 11.4 Å². The van der Waals surface area contributed by atoms with Crippen LogP contribution in [-0.4, -0.2) is 15.2 Å². The van der Waals surface area contributed by atoms with Crippen molar-refractivity contribution in [2.45, 2.75) is 13.8 Å². The fourth-order valence-electron chi connectivity index (χ4n) is 1.27. The molecule has 0 amide bonds. The lowest BCUT2D eigenvalue weighted by Crippen LogP contribution is -1.89. The van der Waals surface area contributed by atoms with Crippen molar-refractivity contribution in [2.24, 2.45) is 0 Å². The molecule has 2 heterocycles. The van der Waals surface area contributed by atoms with Gasteiger partial charge in [-0.05, 0) is 18.6 Å². The van der Waals surface area contributed by atoms with Gasteiger partial charge in [0.05, 0.1) is 0 Å². The number of Topliss-reactive ketones (excluding diaryl/α,β-unsaturated/α-hetero) is 1. The maximum absolute atomic E-state index is 11.0. The van der Waals surface area contributed by atoms with Crippen LogP contribution >= 0.6 is 0 Å². The molecule has 0 aliphatic rings. The number of pyridine rings is 1. The quantitative estimate of drug-likeness (QED) is 0.618. The summed E-state index contributed by atoms with van der Waals surface area (Å²) in [6, 6.07) is 3.88. The highest BCUT2D eigenvalue weighted by atomic mass is 16.1. The van der Waals surface area contributed by atoms with Crippen LogP contribution in [0, 0.1) is 6.92 Å². The van der Waals surface area contributed by atoms with E-state index in [1.165, 1.54) is 6.92 Å². The largest absolute Gasteiger partial charge is 0.306 e. The Bertz CT molecular complexity index is 471. The maximum atomic E-state index is 11.0. The fourth-order valence-corrected chi connectivity index (χ4v) is 1.27. The van der Waals surface area contributed by atoms with Gasteiger partial charge in [0.25, 0.3) is 0 Å². The molecule has 0 atom stereocenters. The second kappa shape index (κ2) is 2.69. The van der Waals surface area contributed by atoms with E-state index in [0.29, 0.717) is 5.69 Å². The molecule has 3 nitrogen and oxygen atoms in total. The van der Waals surface area contributed by atoms with Crippen LogP contribution in [0.1, 0.15) is 23.0 Å². The molecule has 0 radical (unpaired) electrons. The van der Waals surface area contributed by atoms with Crippen LogP contribution in [0.3, 0.4) is 0 Å². The molecule has 0 N–H and O–H groups in total. The normalized spacial score (nSPS) is 10.6. The molecule has 0 aliphatic heterocycles. The summed E-state index contributed by atoms with van der Waals surface area (Å²) in [5.74, 6) is 0.00125. The summed E-state index contributed by atoms with van der Waals surface area (Å²) < 4.78 is 1.87. The van der Waals surface area contributed by atoms with Crippen LogP contribution in [0.25, 0.3) is 5.65 Å². The van der Waals surface area contributed by atoms with Gasteiger partial charge in [0.15, 0.2) is 5.78 Å². The molecular formula is C10H10N2O. The minimum atomic E-state index is 0.00125. The van der Waals surface area contributed by atoms with Gasteiger partial charge in [-0.15, -0.1) is 0 Å². The van der Waals surface area contributed by atoms with Gasteiger partial charge in [0, 0.05) is 19.3 Å². The summed E-state index contributed by atoms with van der Waals surface area (Å²) in [6.07, 6.45) is 3.71. The van der Waals surface area contributed by atoms with Gasteiger partial charge in [-0.2, -0.15) is 0 Å². The number of aryl methyl sites for hydroxylation is 1. The van der Waals surface area contributed by atoms with Gasteiger partial charge in [0.2, 0.25) is 0 Å². The molecule has 0 fully saturated rings. The second-order valence-electron chi connectivity index (χ2n) is 3.15. The van der Waals surface area contributed by atoms with Gasteiger partial charge >= 0.3 is 0 Å². The second-order valence-corrected chi connectivity index (χ2v) is 3.15. The minimum absolute atomic E-state index is 0.00125. The molecule has 0 bridgehead atoms. The van der Waals surface area contributed by atoms with Crippen molar-refractivity contribution in [3.63, 3.8) is 0 Å². The number of carbonyl (C=O) groups is 1. The molecule has 0 aliphatic carbocycles. The monoisotopic (exact) mass is 174 g/mol. The first kappa shape index (κ1) is 7.98. The first-order valence-corrected chi connectivity index (χ1v) is 4.13. The average molecular weight is 174 g/mol. The zero-order valence-electron chi connectivity index (χ0n) is 7.61. The third kappa shape index (κ3) is 1.33. The number of fused-ring (bicyclic) bond motifs is 1. The summed E-state index contributed by atoms with van der Waals surface area (Å²) >= 11 is 0. The SMILES string of the molecule is CC(=O)c1cn2cc(C)ccc2n1. The Morgan fingerprint density at radius 2 is 2.15 bits per heavy atom. The summed E-state index contributed by atoms with van der Waals surface area (Å²) in [5.41, 5.74) is 2.49. The van der Waals surface area contributed by atoms with E-state index < -0.39 is 0 Å². The molecule has 2 rings (SSSR count). The van der Waals surface area contributed by atoms with Crippen LogP contribution in [0.4, 0.5) is 0 Å². The Morgan fingerprint density at radius 3 is 2.85 bits per heavy atom. The number of nitrogens with zero attached hydrogens (tertiary/aromatic N) is 2. The van der Waals surface area contributed by atoms with E-state index in [1.54, 1.807) is 6.20 Å². The van der Waals surface area contributed by atoms with Gasteiger partial charge in [-0.25, -0.2) is 4.98 Å². The first-order valence-electron chi connectivity index (χ1n) is 4.13. The number of hydrogen-bond acceptors (Lipinski definition) is 2. The van der Waals surface area contributed by atoms with Gasteiger partial charge in [-0.1, -0.05) is 6.07 Å². The predicted octanol–water partition coefficient (Wildman–Crippen LogP) is 1.85. The van der Waals surface area contributed by atoms with Gasteiger partial charge in [-0.3, -0.25) is 4.79 Å². The predicted molar refractivity (Wildman–Crippen MR) is 49.9 cm³/mol. The third-order valence-electron chi connectivity index (χ3n) is 1.96. The smallest absolute Gasteiger partial charge is 0.179 e. The highest BCUT2D eigenvalue weighted by molar-refractivity contribution is 5.92. The van der Waals surface area contributed by atoms with Crippen molar-refractivity contribution in [3.05, 3.63) is 35.8 Å². The molecule has 2 aromatic rings. The Labute approximate surface area is 76.0 Å². The molecule has 2 aromatic heterocycles. The van der Waals surface area contributed by atoms with E-state index in [4.69, 9.17) is 0 Å². The third-order valence-corrected chi connectivity index (χ3v) is 1.96. The van der Waals surface area contributed by atoms with E-state index in [1.807, 2.05) is 29.7 Å². The van der Waals surface area contributed by atoms with Crippen LogP contribution < -0.4 is 0 Å². The molecule has 0 spiro atoms. The van der Waals surface area contributed by atoms with Crippen LogP contribution in [0.15, 0.2) is 24.5 Å². The summed E-state index contributed by atoms with van der Waals surface area (Å²) in [7, 11) is 0. The van der Waals surface area contributed by atoms with E-state index >= 15 is 0 Å². The number of carbonyl (C=O) groups excluding carboxylic acids is 1. The number of hydrogen-bond donors (Lipinski definition) is 0. The van der Waals surface area contributed by atoms with Gasteiger partial charge in [0.1, 0.15) is 11.3 Å². The lowest BCUT2D eigenvalue weighted by Gasteiger charge is -1.92. The van der Waals surface area contributed by atoms with Crippen LogP contribution in [0.5, 0.6) is 0 Å².